The number of hydrazine groups is 1. The lowest BCUT2D eigenvalue weighted by Gasteiger charge is -2.40. The second kappa shape index (κ2) is 7.07. The summed E-state index contributed by atoms with van der Waals surface area (Å²) in [6, 6.07) is 0.794. The average Bonchev–Trinajstić information content (AvgIpc) is 2.44. The van der Waals surface area contributed by atoms with E-state index < -0.39 is 0 Å². The molecule has 5 heteroatoms. The molecule has 1 aliphatic rings. The molecule has 3 N–H and O–H groups in total. The number of hydrogen-bond acceptors (Lipinski definition) is 4. The SMILES string of the molecule is CCN1CCC(N(C)C(C)C(C)C(=O)NN)CC1. The number of carbonyl (C=O) groups excluding carboxylic acids is 1. The molecule has 106 valence electrons. The Morgan fingerprint density at radius 1 is 1.44 bits per heavy atom. The van der Waals surface area contributed by atoms with Gasteiger partial charge in [0.25, 0.3) is 0 Å². The number of likely N-dealkylation sites (tertiary alicyclic amines) is 1. The van der Waals surface area contributed by atoms with E-state index in [1.807, 2.05) is 6.92 Å². The third-order valence-corrected chi connectivity index (χ3v) is 4.50. The standard InChI is InChI=1S/C13H28N4O/c1-5-17-8-6-12(7-9-17)16(4)11(3)10(2)13(18)15-14/h10-12H,5-9,14H2,1-4H3,(H,15,18). The van der Waals surface area contributed by atoms with E-state index in [9.17, 15) is 4.79 Å². The highest BCUT2D eigenvalue weighted by Crippen LogP contribution is 2.20. The number of piperidine rings is 1. The summed E-state index contributed by atoms with van der Waals surface area (Å²) in [5.41, 5.74) is 2.25. The molecule has 0 bridgehead atoms. The van der Waals surface area contributed by atoms with Crippen LogP contribution in [-0.2, 0) is 4.79 Å². The highest BCUT2D eigenvalue weighted by molar-refractivity contribution is 5.78. The molecule has 1 fully saturated rings. The average molecular weight is 256 g/mol. The van der Waals surface area contributed by atoms with Gasteiger partial charge in [-0.25, -0.2) is 5.84 Å². The summed E-state index contributed by atoms with van der Waals surface area (Å²) in [5, 5.41) is 0. The van der Waals surface area contributed by atoms with Gasteiger partial charge in [-0.3, -0.25) is 15.1 Å². The summed E-state index contributed by atoms with van der Waals surface area (Å²) >= 11 is 0. The van der Waals surface area contributed by atoms with Crippen molar-refractivity contribution in [3.8, 4) is 0 Å². The molecule has 0 spiro atoms. The number of amides is 1. The van der Waals surface area contributed by atoms with E-state index in [0.29, 0.717) is 6.04 Å². The van der Waals surface area contributed by atoms with Gasteiger partial charge in [0.05, 0.1) is 5.92 Å². The van der Waals surface area contributed by atoms with Gasteiger partial charge in [0.1, 0.15) is 0 Å². The van der Waals surface area contributed by atoms with E-state index >= 15 is 0 Å². The fourth-order valence-electron chi connectivity index (χ4n) is 2.68. The highest BCUT2D eigenvalue weighted by Gasteiger charge is 2.29. The Balaban J connectivity index is 2.49. The molecule has 1 rings (SSSR count). The van der Waals surface area contributed by atoms with Crippen LogP contribution in [0.2, 0.25) is 0 Å². The van der Waals surface area contributed by atoms with Crippen molar-refractivity contribution >= 4 is 5.91 Å². The Labute approximate surface area is 111 Å². The summed E-state index contributed by atoms with van der Waals surface area (Å²) in [5.74, 6) is 5.04. The van der Waals surface area contributed by atoms with Gasteiger partial charge >= 0.3 is 0 Å². The Bertz CT molecular complexity index is 264. The zero-order valence-corrected chi connectivity index (χ0v) is 12.1. The van der Waals surface area contributed by atoms with E-state index in [1.54, 1.807) is 0 Å². The van der Waals surface area contributed by atoms with Crippen molar-refractivity contribution in [3.05, 3.63) is 0 Å². The molecule has 0 radical (unpaired) electrons. The third-order valence-electron chi connectivity index (χ3n) is 4.50. The van der Waals surface area contributed by atoms with Crippen LogP contribution in [0.25, 0.3) is 0 Å². The smallest absolute Gasteiger partial charge is 0.238 e. The number of nitrogens with one attached hydrogen (secondary N) is 1. The van der Waals surface area contributed by atoms with Gasteiger partial charge in [-0.05, 0) is 46.4 Å². The van der Waals surface area contributed by atoms with Crippen LogP contribution in [-0.4, -0.2) is 54.5 Å². The number of carbonyl (C=O) groups is 1. The topological polar surface area (TPSA) is 61.6 Å². The van der Waals surface area contributed by atoms with Crippen LogP contribution in [0.1, 0.15) is 33.6 Å². The van der Waals surface area contributed by atoms with Crippen LogP contribution in [0.5, 0.6) is 0 Å². The molecule has 1 aliphatic heterocycles. The second-order valence-corrected chi connectivity index (χ2v) is 5.37. The maximum atomic E-state index is 11.6. The monoisotopic (exact) mass is 256 g/mol. The second-order valence-electron chi connectivity index (χ2n) is 5.37. The van der Waals surface area contributed by atoms with Crippen molar-refractivity contribution in [2.45, 2.75) is 45.7 Å². The molecule has 1 saturated heterocycles. The molecule has 1 amide bonds. The first kappa shape index (κ1) is 15.4. The van der Waals surface area contributed by atoms with E-state index in [0.717, 1.165) is 19.6 Å². The van der Waals surface area contributed by atoms with Crippen LogP contribution in [0, 0.1) is 5.92 Å². The minimum Gasteiger partial charge on any atom is -0.303 e. The Morgan fingerprint density at radius 3 is 2.44 bits per heavy atom. The molecule has 0 saturated carbocycles. The molecule has 0 aromatic rings. The van der Waals surface area contributed by atoms with Crippen molar-refractivity contribution in [1.29, 1.82) is 0 Å². The number of rotatable bonds is 5. The Kier molecular flexibility index (Phi) is 6.05. The summed E-state index contributed by atoms with van der Waals surface area (Å²) in [6.07, 6.45) is 2.37. The first-order valence-electron chi connectivity index (χ1n) is 6.96. The van der Waals surface area contributed by atoms with Gasteiger partial charge < -0.3 is 4.90 Å². The molecular weight excluding hydrogens is 228 g/mol. The summed E-state index contributed by atoms with van der Waals surface area (Å²) in [6.45, 7) is 9.71. The minimum atomic E-state index is -0.0830. The lowest BCUT2D eigenvalue weighted by Crippen LogP contribution is -2.51. The molecule has 2 atom stereocenters. The predicted molar refractivity (Wildman–Crippen MR) is 73.9 cm³/mol. The molecule has 2 unspecified atom stereocenters. The van der Waals surface area contributed by atoms with E-state index in [4.69, 9.17) is 5.84 Å². The predicted octanol–water partition coefficient (Wildman–Crippen LogP) is 0.417. The fraction of sp³-hybridized carbons (Fsp3) is 0.923. The molecule has 18 heavy (non-hydrogen) atoms. The van der Waals surface area contributed by atoms with Gasteiger partial charge in [0.2, 0.25) is 5.91 Å². The van der Waals surface area contributed by atoms with Gasteiger partial charge in [0.15, 0.2) is 0 Å². The lowest BCUT2D eigenvalue weighted by molar-refractivity contribution is -0.126. The molecular formula is C13H28N4O. The molecule has 0 aromatic carbocycles. The van der Waals surface area contributed by atoms with Gasteiger partial charge in [0, 0.05) is 12.1 Å². The highest BCUT2D eigenvalue weighted by atomic mass is 16.2. The zero-order valence-electron chi connectivity index (χ0n) is 12.1. The van der Waals surface area contributed by atoms with Crippen molar-refractivity contribution in [3.63, 3.8) is 0 Å². The minimum absolute atomic E-state index is 0.0794. The van der Waals surface area contributed by atoms with Crippen LogP contribution >= 0.6 is 0 Å². The Hall–Kier alpha value is -0.650. The molecule has 5 nitrogen and oxygen atoms in total. The molecule has 0 aromatic heterocycles. The summed E-state index contributed by atoms with van der Waals surface area (Å²) in [4.78, 5) is 16.4. The van der Waals surface area contributed by atoms with Gasteiger partial charge in [-0.15, -0.1) is 0 Å². The van der Waals surface area contributed by atoms with Gasteiger partial charge in [-0.1, -0.05) is 13.8 Å². The largest absolute Gasteiger partial charge is 0.303 e. The van der Waals surface area contributed by atoms with Crippen molar-refractivity contribution in [2.75, 3.05) is 26.7 Å². The van der Waals surface area contributed by atoms with Crippen LogP contribution < -0.4 is 11.3 Å². The van der Waals surface area contributed by atoms with Crippen molar-refractivity contribution < 1.29 is 4.79 Å². The number of nitrogens with two attached hydrogens (primary N) is 1. The van der Waals surface area contributed by atoms with E-state index in [1.165, 1.54) is 12.8 Å². The maximum absolute atomic E-state index is 11.6. The zero-order chi connectivity index (χ0) is 13.7. The number of hydrogen-bond donors (Lipinski definition) is 2. The fourth-order valence-corrected chi connectivity index (χ4v) is 2.68. The van der Waals surface area contributed by atoms with Crippen LogP contribution in [0.3, 0.4) is 0 Å². The first-order valence-corrected chi connectivity index (χ1v) is 6.96. The van der Waals surface area contributed by atoms with Crippen LogP contribution in [0.4, 0.5) is 0 Å². The van der Waals surface area contributed by atoms with E-state index in [2.05, 4.69) is 36.1 Å². The first-order chi connectivity index (χ1) is 8.51. The normalized spacial score (nSPS) is 21.9. The summed E-state index contributed by atoms with van der Waals surface area (Å²) < 4.78 is 0. The molecule has 0 aliphatic carbocycles. The van der Waals surface area contributed by atoms with Crippen molar-refractivity contribution in [2.24, 2.45) is 11.8 Å². The van der Waals surface area contributed by atoms with Crippen molar-refractivity contribution in [1.82, 2.24) is 15.2 Å². The lowest BCUT2D eigenvalue weighted by atomic mass is 9.96. The number of nitrogens with zero attached hydrogens (tertiary/aromatic N) is 2. The Morgan fingerprint density at radius 2 is 2.00 bits per heavy atom. The van der Waals surface area contributed by atoms with Crippen LogP contribution in [0.15, 0.2) is 0 Å². The molecule has 1 heterocycles. The van der Waals surface area contributed by atoms with E-state index in [-0.39, 0.29) is 17.9 Å². The quantitative estimate of drug-likeness (QED) is 0.425. The third kappa shape index (κ3) is 3.67. The summed E-state index contributed by atoms with van der Waals surface area (Å²) in [7, 11) is 2.12. The van der Waals surface area contributed by atoms with Gasteiger partial charge in [-0.2, -0.15) is 0 Å². The maximum Gasteiger partial charge on any atom is 0.238 e.